The second kappa shape index (κ2) is 8.53. The number of carbonyl (C=O) groups excluding carboxylic acids is 2. The standard InChI is InChI=1S/C14H16N2O4/c1-11(17)19-10-13(7-8-15)16-14(18)20-9-12-5-3-2-4-6-12/h2-6,13H,7,9-10H2,1H3,(H,16,18)/t13-/m1/s1. The molecule has 20 heavy (non-hydrogen) atoms. The van der Waals surface area contributed by atoms with E-state index in [0.29, 0.717) is 0 Å². The number of nitrogens with zero attached hydrogens (tertiary/aromatic N) is 1. The van der Waals surface area contributed by atoms with Crippen LogP contribution in [0.4, 0.5) is 4.79 Å². The summed E-state index contributed by atoms with van der Waals surface area (Å²) in [6, 6.07) is 10.5. The van der Waals surface area contributed by atoms with E-state index in [1.807, 2.05) is 36.4 Å². The molecule has 6 heteroatoms. The first-order chi connectivity index (χ1) is 9.61. The molecule has 1 amide bonds. The molecule has 1 N–H and O–H groups in total. The zero-order chi connectivity index (χ0) is 14.8. The monoisotopic (exact) mass is 276 g/mol. The van der Waals surface area contributed by atoms with Crippen LogP contribution in [-0.2, 0) is 20.9 Å². The number of ether oxygens (including phenoxy) is 2. The Kier molecular flexibility index (Phi) is 6.62. The van der Waals surface area contributed by atoms with Gasteiger partial charge >= 0.3 is 12.1 Å². The molecule has 1 aromatic carbocycles. The Bertz CT molecular complexity index is 482. The molecule has 0 aliphatic heterocycles. The molecule has 6 nitrogen and oxygen atoms in total. The summed E-state index contributed by atoms with van der Waals surface area (Å²) >= 11 is 0. The van der Waals surface area contributed by atoms with Gasteiger partial charge in [0, 0.05) is 6.92 Å². The lowest BCUT2D eigenvalue weighted by Crippen LogP contribution is -2.38. The van der Waals surface area contributed by atoms with Crippen LogP contribution in [-0.4, -0.2) is 24.7 Å². The molecular weight excluding hydrogens is 260 g/mol. The summed E-state index contributed by atoms with van der Waals surface area (Å²) in [4.78, 5) is 22.3. The van der Waals surface area contributed by atoms with Crippen molar-refractivity contribution in [2.45, 2.75) is 26.0 Å². The molecule has 1 aromatic rings. The van der Waals surface area contributed by atoms with Gasteiger partial charge in [-0.1, -0.05) is 30.3 Å². The van der Waals surface area contributed by atoms with Crippen LogP contribution in [0.2, 0.25) is 0 Å². The highest BCUT2D eigenvalue weighted by Gasteiger charge is 2.14. The normalized spacial score (nSPS) is 11.0. The van der Waals surface area contributed by atoms with Gasteiger partial charge in [-0.15, -0.1) is 0 Å². The van der Waals surface area contributed by atoms with Gasteiger partial charge < -0.3 is 14.8 Å². The molecular formula is C14H16N2O4. The van der Waals surface area contributed by atoms with Crippen molar-refractivity contribution in [3.05, 3.63) is 35.9 Å². The van der Waals surface area contributed by atoms with E-state index >= 15 is 0 Å². The van der Waals surface area contributed by atoms with Gasteiger partial charge in [0.15, 0.2) is 0 Å². The second-order valence-electron chi connectivity index (χ2n) is 4.07. The summed E-state index contributed by atoms with van der Waals surface area (Å²) in [5.41, 5.74) is 0.861. The maximum atomic E-state index is 11.6. The summed E-state index contributed by atoms with van der Waals surface area (Å²) in [5, 5.41) is 11.1. The van der Waals surface area contributed by atoms with Crippen LogP contribution in [0.3, 0.4) is 0 Å². The Morgan fingerprint density at radius 1 is 1.30 bits per heavy atom. The number of nitriles is 1. The minimum Gasteiger partial charge on any atom is -0.464 e. The number of alkyl carbamates (subject to hydrolysis) is 1. The van der Waals surface area contributed by atoms with Crippen LogP contribution in [0, 0.1) is 11.3 Å². The molecule has 0 aliphatic carbocycles. The van der Waals surface area contributed by atoms with Crippen molar-refractivity contribution < 1.29 is 19.1 Å². The fraction of sp³-hybridized carbons (Fsp3) is 0.357. The Hall–Kier alpha value is -2.55. The predicted octanol–water partition coefficient (Wildman–Crippen LogP) is 1.76. The van der Waals surface area contributed by atoms with Crippen LogP contribution < -0.4 is 5.32 Å². The Labute approximate surface area is 117 Å². The van der Waals surface area contributed by atoms with Crippen molar-refractivity contribution in [3.63, 3.8) is 0 Å². The van der Waals surface area contributed by atoms with Gasteiger partial charge in [-0.2, -0.15) is 5.26 Å². The van der Waals surface area contributed by atoms with Crippen molar-refractivity contribution in [1.29, 1.82) is 5.26 Å². The number of rotatable bonds is 6. The zero-order valence-electron chi connectivity index (χ0n) is 11.2. The second-order valence-corrected chi connectivity index (χ2v) is 4.07. The van der Waals surface area contributed by atoms with E-state index in [9.17, 15) is 9.59 Å². The summed E-state index contributed by atoms with van der Waals surface area (Å²) in [5.74, 6) is -0.465. The molecule has 0 fully saturated rings. The molecule has 0 spiro atoms. The molecule has 0 saturated carbocycles. The molecule has 0 saturated heterocycles. The van der Waals surface area contributed by atoms with E-state index in [1.165, 1.54) is 6.92 Å². The molecule has 0 unspecified atom stereocenters. The number of carbonyl (C=O) groups is 2. The smallest absolute Gasteiger partial charge is 0.407 e. The van der Waals surface area contributed by atoms with Gasteiger partial charge in [-0.05, 0) is 5.56 Å². The predicted molar refractivity (Wildman–Crippen MR) is 70.4 cm³/mol. The highest BCUT2D eigenvalue weighted by atomic mass is 16.6. The number of amides is 1. The minimum absolute atomic E-state index is 0.0354. The van der Waals surface area contributed by atoms with Gasteiger partial charge in [0.2, 0.25) is 0 Å². The zero-order valence-corrected chi connectivity index (χ0v) is 11.2. The van der Waals surface area contributed by atoms with Gasteiger partial charge in [-0.25, -0.2) is 4.79 Å². The maximum absolute atomic E-state index is 11.6. The summed E-state index contributed by atoms with van der Waals surface area (Å²) in [6.45, 7) is 1.35. The third-order valence-corrected chi connectivity index (χ3v) is 2.36. The van der Waals surface area contributed by atoms with Crippen LogP contribution in [0.15, 0.2) is 30.3 Å². The third-order valence-electron chi connectivity index (χ3n) is 2.36. The number of hydrogen-bond donors (Lipinski definition) is 1. The van der Waals surface area contributed by atoms with Crippen molar-refractivity contribution in [3.8, 4) is 6.07 Å². The molecule has 0 radical (unpaired) electrons. The molecule has 0 bridgehead atoms. The highest BCUT2D eigenvalue weighted by Crippen LogP contribution is 2.01. The van der Waals surface area contributed by atoms with E-state index in [2.05, 4.69) is 5.32 Å². The number of nitrogens with one attached hydrogen (secondary N) is 1. The van der Waals surface area contributed by atoms with Gasteiger partial charge in [-0.3, -0.25) is 4.79 Å². The molecule has 0 aliphatic rings. The average molecular weight is 276 g/mol. The van der Waals surface area contributed by atoms with Crippen molar-refractivity contribution in [2.75, 3.05) is 6.61 Å². The van der Waals surface area contributed by atoms with Crippen molar-refractivity contribution >= 4 is 12.1 Å². The van der Waals surface area contributed by atoms with Gasteiger partial charge in [0.05, 0.1) is 18.5 Å². The Morgan fingerprint density at radius 3 is 2.60 bits per heavy atom. The number of benzene rings is 1. The van der Waals surface area contributed by atoms with Gasteiger partial charge in [0.1, 0.15) is 13.2 Å². The lowest BCUT2D eigenvalue weighted by Gasteiger charge is -2.15. The lowest BCUT2D eigenvalue weighted by molar-refractivity contribution is -0.141. The van der Waals surface area contributed by atoms with Crippen molar-refractivity contribution in [1.82, 2.24) is 5.32 Å². The molecule has 0 heterocycles. The minimum atomic E-state index is -0.652. The van der Waals surface area contributed by atoms with E-state index in [0.717, 1.165) is 5.56 Å². The number of hydrogen-bond acceptors (Lipinski definition) is 5. The van der Waals surface area contributed by atoms with Crippen LogP contribution in [0.5, 0.6) is 0 Å². The fourth-order valence-electron chi connectivity index (χ4n) is 1.41. The number of esters is 1. The Morgan fingerprint density at radius 2 is 2.00 bits per heavy atom. The van der Waals surface area contributed by atoms with Crippen LogP contribution in [0.1, 0.15) is 18.9 Å². The van der Waals surface area contributed by atoms with E-state index in [-0.39, 0.29) is 19.6 Å². The quantitative estimate of drug-likeness (QED) is 0.800. The van der Waals surface area contributed by atoms with E-state index in [4.69, 9.17) is 14.7 Å². The molecule has 1 rings (SSSR count). The van der Waals surface area contributed by atoms with E-state index in [1.54, 1.807) is 0 Å². The summed E-state index contributed by atoms with van der Waals surface area (Å²) in [6.07, 6.45) is -0.616. The summed E-state index contributed by atoms with van der Waals surface area (Å²) < 4.78 is 9.77. The lowest BCUT2D eigenvalue weighted by atomic mass is 10.2. The van der Waals surface area contributed by atoms with Crippen LogP contribution >= 0.6 is 0 Å². The first-order valence-corrected chi connectivity index (χ1v) is 6.09. The maximum Gasteiger partial charge on any atom is 0.407 e. The first kappa shape index (κ1) is 15.5. The third kappa shape index (κ3) is 6.40. The summed E-state index contributed by atoms with van der Waals surface area (Å²) in [7, 11) is 0. The Balaban J connectivity index is 2.37. The van der Waals surface area contributed by atoms with Crippen molar-refractivity contribution in [2.24, 2.45) is 0 Å². The SMILES string of the molecule is CC(=O)OC[C@@H](CC#N)NC(=O)OCc1ccccc1. The average Bonchev–Trinajstić information content (AvgIpc) is 2.44. The van der Waals surface area contributed by atoms with Crippen LogP contribution in [0.25, 0.3) is 0 Å². The molecule has 0 aromatic heterocycles. The molecule has 106 valence electrons. The van der Waals surface area contributed by atoms with E-state index < -0.39 is 18.1 Å². The van der Waals surface area contributed by atoms with Gasteiger partial charge in [0.25, 0.3) is 0 Å². The largest absolute Gasteiger partial charge is 0.464 e. The molecule has 1 atom stereocenters. The first-order valence-electron chi connectivity index (χ1n) is 6.09. The fourth-order valence-corrected chi connectivity index (χ4v) is 1.41. The topological polar surface area (TPSA) is 88.4 Å². The highest BCUT2D eigenvalue weighted by molar-refractivity contribution is 5.68.